The van der Waals surface area contributed by atoms with E-state index in [0.717, 1.165) is 36.0 Å². The standard InChI is InChI=1S/C15H21N3O2S/c1-10-7-14(20)18-12(9-21-15(18)16-10)8-13(19)17-6-4-3-5-11(17)2/h7,11-12H,3-6,8-9H2,1-2H3. The van der Waals surface area contributed by atoms with Gasteiger partial charge >= 0.3 is 0 Å². The minimum atomic E-state index is -0.0489. The van der Waals surface area contributed by atoms with Crippen LogP contribution in [-0.4, -0.2) is 38.7 Å². The van der Waals surface area contributed by atoms with Crippen molar-refractivity contribution in [3.63, 3.8) is 0 Å². The highest BCUT2D eigenvalue weighted by atomic mass is 32.2. The Labute approximate surface area is 128 Å². The Morgan fingerprint density at radius 2 is 2.29 bits per heavy atom. The molecule has 114 valence electrons. The topological polar surface area (TPSA) is 55.2 Å². The van der Waals surface area contributed by atoms with Gasteiger partial charge in [-0.2, -0.15) is 0 Å². The maximum atomic E-state index is 12.5. The molecule has 1 amide bonds. The highest BCUT2D eigenvalue weighted by molar-refractivity contribution is 7.99. The zero-order valence-corrected chi connectivity index (χ0v) is 13.4. The number of carbonyl (C=O) groups is 1. The van der Waals surface area contributed by atoms with Crippen LogP contribution in [0.3, 0.4) is 0 Å². The lowest BCUT2D eigenvalue weighted by Gasteiger charge is -2.34. The number of aryl methyl sites for hydroxylation is 1. The number of amides is 1. The van der Waals surface area contributed by atoms with Gasteiger partial charge in [0.25, 0.3) is 5.56 Å². The molecule has 0 aromatic carbocycles. The molecule has 21 heavy (non-hydrogen) atoms. The van der Waals surface area contributed by atoms with E-state index >= 15 is 0 Å². The van der Waals surface area contributed by atoms with Gasteiger partial charge in [0.1, 0.15) is 0 Å². The number of likely N-dealkylation sites (tertiary alicyclic amines) is 1. The first-order valence-electron chi connectivity index (χ1n) is 7.58. The van der Waals surface area contributed by atoms with E-state index in [1.165, 1.54) is 6.42 Å². The molecule has 5 nitrogen and oxygen atoms in total. The van der Waals surface area contributed by atoms with E-state index in [-0.39, 0.29) is 17.5 Å². The van der Waals surface area contributed by atoms with Crippen LogP contribution in [0.1, 0.15) is 44.3 Å². The van der Waals surface area contributed by atoms with Crippen molar-refractivity contribution in [2.75, 3.05) is 12.3 Å². The molecule has 3 heterocycles. The lowest BCUT2D eigenvalue weighted by atomic mass is 10.0. The van der Waals surface area contributed by atoms with E-state index in [1.807, 2.05) is 11.8 Å². The fourth-order valence-corrected chi connectivity index (χ4v) is 4.40. The van der Waals surface area contributed by atoms with Gasteiger partial charge in [0, 0.05) is 36.5 Å². The second-order valence-electron chi connectivity index (χ2n) is 5.99. The number of thioether (sulfide) groups is 1. The predicted octanol–water partition coefficient (Wildman–Crippen LogP) is 1.99. The molecular formula is C15H21N3O2S. The largest absolute Gasteiger partial charge is 0.340 e. The fourth-order valence-electron chi connectivity index (χ4n) is 3.20. The van der Waals surface area contributed by atoms with E-state index in [9.17, 15) is 9.59 Å². The predicted molar refractivity (Wildman–Crippen MR) is 82.6 cm³/mol. The molecule has 0 bridgehead atoms. The van der Waals surface area contributed by atoms with Crippen LogP contribution in [0.25, 0.3) is 0 Å². The van der Waals surface area contributed by atoms with Crippen LogP contribution >= 0.6 is 11.8 Å². The van der Waals surface area contributed by atoms with E-state index in [1.54, 1.807) is 22.4 Å². The van der Waals surface area contributed by atoms with Gasteiger partial charge in [0.05, 0.1) is 6.04 Å². The monoisotopic (exact) mass is 307 g/mol. The van der Waals surface area contributed by atoms with Crippen molar-refractivity contribution in [3.8, 4) is 0 Å². The molecule has 0 aliphatic carbocycles. The molecule has 0 N–H and O–H groups in total. The van der Waals surface area contributed by atoms with Gasteiger partial charge in [-0.3, -0.25) is 14.2 Å². The first-order valence-corrected chi connectivity index (χ1v) is 8.57. The van der Waals surface area contributed by atoms with Gasteiger partial charge in [-0.1, -0.05) is 11.8 Å². The lowest BCUT2D eigenvalue weighted by Crippen LogP contribution is -2.43. The Morgan fingerprint density at radius 3 is 3.05 bits per heavy atom. The van der Waals surface area contributed by atoms with Crippen LogP contribution in [0, 0.1) is 6.92 Å². The van der Waals surface area contributed by atoms with E-state index < -0.39 is 0 Å². The Morgan fingerprint density at radius 1 is 1.48 bits per heavy atom. The maximum absolute atomic E-state index is 12.5. The molecule has 0 spiro atoms. The number of rotatable bonds is 2. The summed E-state index contributed by atoms with van der Waals surface area (Å²) in [6.07, 6.45) is 3.79. The number of fused-ring (bicyclic) bond motifs is 1. The van der Waals surface area contributed by atoms with Gasteiger partial charge in [-0.15, -0.1) is 0 Å². The zero-order valence-electron chi connectivity index (χ0n) is 12.5. The molecular weight excluding hydrogens is 286 g/mol. The number of hydrogen-bond donors (Lipinski definition) is 0. The highest BCUT2D eigenvalue weighted by Crippen LogP contribution is 2.32. The summed E-state index contributed by atoms with van der Waals surface area (Å²) < 4.78 is 1.70. The minimum Gasteiger partial charge on any atom is -0.340 e. The van der Waals surface area contributed by atoms with Crippen LogP contribution in [0.4, 0.5) is 0 Å². The average molecular weight is 307 g/mol. The number of carbonyl (C=O) groups excluding carboxylic acids is 1. The second kappa shape index (κ2) is 5.83. The Kier molecular flexibility index (Phi) is 4.06. The minimum absolute atomic E-state index is 0.0352. The summed E-state index contributed by atoms with van der Waals surface area (Å²) in [7, 11) is 0. The third-order valence-electron chi connectivity index (χ3n) is 4.35. The molecule has 1 saturated heterocycles. The second-order valence-corrected chi connectivity index (χ2v) is 6.98. The van der Waals surface area contributed by atoms with Crippen molar-refractivity contribution in [2.24, 2.45) is 0 Å². The number of nitrogens with zero attached hydrogens (tertiary/aromatic N) is 3. The number of piperidine rings is 1. The summed E-state index contributed by atoms with van der Waals surface area (Å²) in [5, 5.41) is 0.754. The van der Waals surface area contributed by atoms with Gasteiger partial charge in [-0.05, 0) is 33.1 Å². The fraction of sp³-hybridized carbons (Fsp3) is 0.667. The van der Waals surface area contributed by atoms with Crippen molar-refractivity contribution in [1.29, 1.82) is 0 Å². The van der Waals surface area contributed by atoms with Crippen molar-refractivity contribution in [2.45, 2.75) is 56.8 Å². The summed E-state index contributed by atoms with van der Waals surface area (Å²) in [4.78, 5) is 31.1. The van der Waals surface area contributed by atoms with Crippen molar-refractivity contribution in [1.82, 2.24) is 14.5 Å². The summed E-state index contributed by atoms with van der Waals surface area (Å²) in [5.41, 5.74) is 0.711. The molecule has 2 unspecified atom stereocenters. The van der Waals surface area contributed by atoms with Crippen LogP contribution < -0.4 is 5.56 Å². The number of hydrogen-bond acceptors (Lipinski definition) is 4. The normalized spacial score (nSPS) is 25.0. The first kappa shape index (κ1) is 14.6. The van der Waals surface area contributed by atoms with Crippen LogP contribution in [0.15, 0.2) is 16.0 Å². The highest BCUT2D eigenvalue weighted by Gasteiger charge is 2.31. The van der Waals surface area contributed by atoms with Crippen molar-refractivity contribution < 1.29 is 4.79 Å². The molecule has 1 fully saturated rings. The summed E-state index contributed by atoms with van der Waals surface area (Å²) in [6, 6.07) is 1.83. The molecule has 1 aromatic heterocycles. The average Bonchev–Trinajstić information content (AvgIpc) is 2.82. The quantitative estimate of drug-likeness (QED) is 0.784. The van der Waals surface area contributed by atoms with Crippen LogP contribution in [0.2, 0.25) is 0 Å². The van der Waals surface area contributed by atoms with E-state index in [4.69, 9.17) is 0 Å². The Hall–Kier alpha value is -1.30. The SMILES string of the molecule is Cc1cc(=O)n2c(n1)SCC2CC(=O)N1CCCCC1C. The lowest BCUT2D eigenvalue weighted by molar-refractivity contribution is -0.135. The molecule has 0 saturated carbocycles. The smallest absolute Gasteiger partial charge is 0.254 e. The first-order chi connectivity index (χ1) is 10.1. The van der Waals surface area contributed by atoms with E-state index in [0.29, 0.717) is 12.5 Å². The molecule has 2 atom stereocenters. The Balaban J connectivity index is 1.76. The summed E-state index contributed by atoms with van der Waals surface area (Å²) >= 11 is 1.57. The van der Waals surface area contributed by atoms with Crippen molar-refractivity contribution in [3.05, 3.63) is 22.1 Å². The van der Waals surface area contributed by atoms with Crippen LogP contribution in [0.5, 0.6) is 0 Å². The zero-order chi connectivity index (χ0) is 15.0. The third kappa shape index (κ3) is 2.86. The van der Waals surface area contributed by atoms with Gasteiger partial charge in [-0.25, -0.2) is 4.98 Å². The molecule has 2 aliphatic heterocycles. The van der Waals surface area contributed by atoms with Gasteiger partial charge in [0.15, 0.2) is 5.16 Å². The number of aromatic nitrogens is 2. The molecule has 6 heteroatoms. The third-order valence-corrected chi connectivity index (χ3v) is 5.45. The Bertz CT molecular complexity index is 613. The van der Waals surface area contributed by atoms with E-state index in [2.05, 4.69) is 11.9 Å². The molecule has 2 aliphatic rings. The molecule has 0 radical (unpaired) electrons. The summed E-state index contributed by atoms with van der Waals surface area (Å²) in [5.74, 6) is 0.938. The molecule has 3 rings (SSSR count). The van der Waals surface area contributed by atoms with Gasteiger partial charge < -0.3 is 4.90 Å². The summed E-state index contributed by atoms with van der Waals surface area (Å²) in [6.45, 7) is 4.80. The van der Waals surface area contributed by atoms with Crippen LogP contribution in [-0.2, 0) is 4.79 Å². The van der Waals surface area contributed by atoms with Gasteiger partial charge in [0.2, 0.25) is 5.91 Å². The van der Waals surface area contributed by atoms with Crippen molar-refractivity contribution >= 4 is 17.7 Å². The molecule has 1 aromatic rings. The maximum Gasteiger partial charge on any atom is 0.254 e.